The van der Waals surface area contributed by atoms with E-state index in [1.54, 1.807) is 25.3 Å². The number of hydrogen-bond acceptors (Lipinski definition) is 1. The minimum Gasteiger partial charge on any atom is -0.312 e. The fourth-order valence-corrected chi connectivity index (χ4v) is 1.37. The van der Waals surface area contributed by atoms with E-state index in [2.05, 4.69) is 4.98 Å². The van der Waals surface area contributed by atoms with Crippen molar-refractivity contribution in [3.63, 3.8) is 0 Å². The van der Waals surface area contributed by atoms with Gasteiger partial charge in [-0.1, -0.05) is 0 Å². The van der Waals surface area contributed by atoms with Crippen LogP contribution in [0.4, 0.5) is 4.39 Å². The summed E-state index contributed by atoms with van der Waals surface area (Å²) in [7, 11) is 0. The Bertz CT molecular complexity index is 496. The molecule has 1 heterocycles. The predicted molar refractivity (Wildman–Crippen MR) is 51.1 cm³/mol. The number of aromatic amines is 1. The second-order valence-corrected chi connectivity index (χ2v) is 3.05. The lowest BCUT2D eigenvalue weighted by Crippen LogP contribution is -2.15. The van der Waals surface area contributed by atoms with Crippen molar-refractivity contribution in [2.45, 2.75) is 6.92 Å². The summed E-state index contributed by atoms with van der Waals surface area (Å²) in [4.78, 5) is 13.9. The van der Waals surface area contributed by atoms with Gasteiger partial charge in [0.1, 0.15) is 5.82 Å². The van der Waals surface area contributed by atoms with E-state index >= 15 is 0 Å². The van der Waals surface area contributed by atoms with Gasteiger partial charge in [0.05, 0.1) is 5.69 Å². The van der Waals surface area contributed by atoms with Gasteiger partial charge in [-0.25, -0.2) is 9.18 Å². The molecular formula is C10H9FN2O. The molecule has 0 saturated carbocycles. The summed E-state index contributed by atoms with van der Waals surface area (Å²) in [6, 6.07) is 5.79. The van der Waals surface area contributed by atoms with E-state index in [-0.39, 0.29) is 11.5 Å². The maximum absolute atomic E-state index is 12.6. The van der Waals surface area contributed by atoms with Crippen LogP contribution in [0.1, 0.15) is 5.69 Å². The molecule has 2 rings (SSSR count). The summed E-state index contributed by atoms with van der Waals surface area (Å²) in [6.45, 7) is 1.81. The molecule has 4 heteroatoms. The lowest BCUT2D eigenvalue weighted by molar-refractivity contribution is 0.627. The summed E-state index contributed by atoms with van der Waals surface area (Å²) in [6.07, 6.45) is 1.62. The first-order valence-corrected chi connectivity index (χ1v) is 4.21. The van der Waals surface area contributed by atoms with Crippen LogP contribution in [0, 0.1) is 12.7 Å². The Morgan fingerprint density at radius 3 is 2.43 bits per heavy atom. The van der Waals surface area contributed by atoms with E-state index in [0.717, 1.165) is 5.69 Å². The highest BCUT2D eigenvalue weighted by molar-refractivity contribution is 5.33. The molecule has 0 aliphatic rings. The standard InChI is InChI=1S/C10H9FN2O/c1-7-6-12-10(14)13(7)9-4-2-8(11)3-5-9/h2-6H,1H3,(H,12,14). The molecule has 72 valence electrons. The second kappa shape index (κ2) is 3.14. The fourth-order valence-electron chi connectivity index (χ4n) is 1.37. The number of nitrogens with zero attached hydrogens (tertiary/aromatic N) is 1. The summed E-state index contributed by atoms with van der Waals surface area (Å²) in [5.41, 5.74) is 1.24. The van der Waals surface area contributed by atoms with E-state index in [9.17, 15) is 9.18 Å². The number of aryl methyl sites for hydroxylation is 1. The third kappa shape index (κ3) is 1.35. The third-order valence-electron chi connectivity index (χ3n) is 2.05. The molecule has 0 saturated heterocycles. The number of imidazole rings is 1. The van der Waals surface area contributed by atoms with E-state index in [1.807, 2.05) is 0 Å². The molecule has 0 atom stereocenters. The minimum absolute atomic E-state index is 0.214. The van der Waals surface area contributed by atoms with Crippen molar-refractivity contribution in [3.8, 4) is 5.69 Å². The molecular weight excluding hydrogens is 183 g/mol. The van der Waals surface area contributed by atoms with Gasteiger partial charge in [0.25, 0.3) is 0 Å². The second-order valence-electron chi connectivity index (χ2n) is 3.05. The topological polar surface area (TPSA) is 37.8 Å². The molecule has 1 aromatic heterocycles. The van der Waals surface area contributed by atoms with Gasteiger partial charge in [0.2, 0.25) is 0 Å². The maximum atomic E-state index is 12.6. The molecule has 14 heavy (non-hydrogen) atoms. The Morgan fingerprint density at radius 2 is 1.93 bits per heavy atom. The molecule has 0 amide bonds. The van der Waals surface area contributed by atoms with Crippen LogP contribution in [0.2, 0.25) is 0 Å². The number of rotatable bonds is 1. The summed E-state index contributed by atoms with van der Waals surface area (Å²) in [5.74, 6) is -0.310. The normalized spacial score (nSPS) is 10.4. The van der Waals surface area contributed by atoms with Gasteiger partial charge in [0.15, 0.2) is 0 Å². The summed E-state index contributed by atoms with van der Waals surface area (Å²) < 4.78 is 14.1. The molecule has 3 nitrogen and oxygen atoms in total. The molecule has 1 aromatic carbocycles. The van der Waals surface area contributed by atoms with Gasteiger partial charge in [-0.3, -0.25) is 4.57 Å². The Labute approximate surface area is 79.8 Å². The Hall–Kier alpha value is -1.84. The van der Waals surface area contributed by atoms with Crippen LogP contribution in [-0.2, 0) is 0 Å². The Balaban J connectivity index is 2.60. The quantitative estimate of drug-likeness (QED) is 0.732. The molecule has 2 aromatic rings. The minimum atomic E-state index is -0.310. The highest BCUT2D eigenvalue weighted by atomic mass is 19.1. The van der Waals surface area contributed by atoms with E-state index in [1.165, 1.54) is 16.7 Å². The fraction of sp³-hybridized carbons (Fsp3) is 0.100. The van der Waals surface area contributed by atoms with Crippen LogP contribution in [0.15, 0.2) is 35.3 Å². The highest BCUT2D eigenvalue weighted by Crippen LogP contribution is 2.08. The van der Waals surface area contributed by atoms with Gasteiger partial charge < -0.3 is 4.98 Å². The van der Waals surface area contributed by atoms with Crippen LogP contribution in [0.3, 0.4) is 0 Å². The van der Waals surface area contributed by atoms with Crippen LogP contribution in [-0.4, -0.2) is 9.55 Å². The van der Waals surface area contributed by atoms with Gasteiger partial charge in [-0.05, 0) is 31.2 Å². The maximum Gasteiger partial charge on any atom is 0.330 e. The van der Waals surface area contributed by atoms with Crippen molar-refractivity contribution in [1.29, 1.82) is 0 Å². The molecule has 1 N–H and O–H groups in total. The first-order chi connectivity index (χ1) is 6.68. The largest absolute Gasteiger partial charge is 0.330 e. The zero-order valence-corrected chi connectivity index (χ0v) is 7.62. The molecule has 0 spiro atoms. The van der Waals surface area contributed by atoms with Crippen LogP contribution in [0.25, 0.3) is 5.69 Å². The number of benzene rings is 1. The average Bonchev–Trinajstić information content (AvgIpc) is 2.49. The first-order valence-electron chi connectivity index (χ1n) is 4.21. The number of hydrogen-bond donors (Lipinski definition) is 1. The first kappa shape index (κ1) is 8.74. The van der Waals surface area contributed by atoms with Gasteiger partial charge >= 0.3 is 5.69 Å². The summed E-state index contributed by atoms with van der Waals surface area (Å²) in [5, 5.41) is 0. The lowest BCUT2D eigenvalue weighted by atomic mass is 10.3. The van der Waals surface area contributed by atoms with Crippen molar-refractivity contribution in [2.24, 2.45) is 0 Å². The predicted octanol–water partition coefficient (Wildman–Crippen LogP) is 1.61. The van der Waals surface area contributed by atoms with Crippen LogP contribution < -0.4 is 5.69 Å². The van der Waals surface area contributed by atoms with Crippen molar-refractivity contribution < 1.29 is 4.39 Å². The van der Waals surface area contributed by atoms with Crippen molar-refractivity contribution >= 4 is 0 Å². The van der Waals surface area contributed by atoms with Crippen molar-refractivity contribution in [3.05, 3.63) is 52.5 Å². The highest BCUT2D eigenvalue weighted by Gasteiger charge is 2.03. The van der Waals surface area contributed by atoms with E-state index < -0.39 is 0 Å². The van der Waals surface area contributed by atoms with Crippen LogP contribution in [0.5, 0.6) is 0 Å². The van der Waals surface area contributed by atoms with E-state index in [0.29, 0.717) is 5.69 Å². The number of aromatic nitrogens is 2. The smallest absolute Gasteiger partial charge is 0.312 e. The molecule has 0 radical (unpaired) electrons. The third-order valence-corrected chi connectivity index (χ3v) is 2.05. The van der Waals surface area contributed by atoms with E-state index in [4.69, 9.17) is 0 Å². The SMILES string of the molecule is Cc1c[nH]c(=O)n1-c1ccc(F)cc1. The average molecular weight is 192 g/mol. The zero-order valence-electron chi connectivity index (χ0n) is 7.62. The number of nitrogens with one attached hydrogen (secondary N) is 1. The van der Waals surface area contributed by atoms with Gasteiger partial charge in [-0.2, -0.15) is 0 Å². The van der Waals surface area contributed by atoms with Crippen molar-refractivity contribution in [1.82, 2.24) is 9.55 Å². The Kier molecular flexibility index (Phi) is 1.96. The Morgan fingerprint density at radius 1 is 1.29 bits per heavy atom. The zero-order chi connectivity index (χ0) is 10.1. The molecule has 0 aliphatic carbocycles. The number of halogens is 1. The molecule has 0 aliphatic heterocycles. The molecule has 0 bridgehead atoms. The van der Waals surface area contributed by atoms with Gasteiger partial charge in [0, 0.05) is 11.9 Å². The van der Waals surface area contributed by atoms with Crippen molar-refractivity contribution in [2.75, 3.05) is 0 Å². The van der Waals surface area contributed by atoms with Crippen LogP contribution >= 0.6 is 0 Å². The van der Waals surface area contributed by atoms with Gasteiger partial charge in [-0.15, -0.1) is 0 Å². The number of H-pyrrole nitrogens is 1. The summed E-state index contributed by atoms with van der Waals surface area (Å²) >= 11 is 0. The monoisotopic (exact) mass is 192 g/mol. The molecule has 0 unspecified atom stereocenters. The lowest BCUT2D eigenvalue weighted by Gasteiger charge is -2.02. The molecule has 0 fully saturated rings.